The number of aryl methyl sites for hydroxylation is 1. The van der Waals surface area contributed by atoms with Gasteiger partial charge in [0.05, 0.1) is 6.33 Å². The quantitative estimate of drug-likeness (QED) is 0.697. The lowest BCUT2D eigenvalue weighted by atomic mass is 9.94. The maximum absolute atomic E-state index is 13.4. The zero-order valence-electron chi connectivity index (χ0n) is 15.1. The second kappa shape index (κ2) is 7.28. The van der Waals surface area contributed by atoms with Gasteiger partial charge in [-0.05, 0) is 29.8 Å². The first-order valence-electron chi connectivity index (χ1n) is 8.71. The molecule has 2 unspecified atom stereocenters. The van der Waals surface area contributed by atoms with Crippen LogP contribution in [0.15, 0.2) is 60.1 Å². The Hall–Kier alpha value is -2.85. The normalized spacial score (nSPS) is 20.4. The third-order valence-corrected chi connectivity index (χ3v) is 6.49. The van der Waals surface area contributed by atoms with Crippen LogP contribution in [0.4, 0.5) is 10.2 Å². The third kappa shape index (κ3) is 3.60. The summed E-state index contributed by atoms with van der Waals surface area (Å²) in [5.41, 5.74) is 0.849. The van der Waals surface area contributed by atoms with Crippen molar-refractivity contribution in [2.24, 2.45) is 7.05 Å². The van der Waals surface area contributed by atoms with Gasteiger partial charge < -0.3 is 9.88 Å². The highest BCUT2D eigenvalue weighted by Crippen LogP contribution is 2.32. The topological polar surface area (TPSA) is 93.0 Å². The number of aromatic nitrogens is 4. The molecule has 1 aliphatic rings. The predicted octanol–water partition coefficient (Wildman–Crippen LogP) is 1.62. The molecule has 1 fully saturated rings. The maximum Gasteiger partial charge on any atom is 0.262 e. The van der Waals surface area contributed by atoms with Gasteiger partial charge in [0.2, 0.25) is 0 Å². The summed E-state index contributed by atoms with van der Waals surface area (Å²) in [5.74, 6) is 0.0379. The average Bonchev–Trinajstić information content (AvgIpc) is 3.31. The van der Waals surface area contributed by atoms with Crippen molar-refractivity contribution in [1.29, 1.82) is 0 Å². The van der Waals surface area contributed by atoms with Gasteiger partial charge in [0, 0.05) is 44.5 Å². The van der Waals surface area contributed by atoms with Gasteiger partial charge in [0.15, 0.2) is 5.03 Å². The highest BCUT2D eigenvalue weighted by molar-refractivity contribution is 7.89. The van der Waals surface area contributed by atoms with Crippen LogP contribution in [0.2, 0.25) is 0 Å². The van der Waals surface area contributed by atoms with Crippen molar-refractivity contribution >= 4 is 15.8 Å². The van der Waals surface area contributed by atoms with Gasteiger partial charge in [-0.2, -0.15) is 9.40 Å². The molecule has 0 spiro atoms. The summed E-state index contributed by atoms with van der Waals surface area (Å²) < 4.78 is 42.4. The first kappa shape index (κ1) is 18.5. The van der Waals surface area contributed by atoms with E-state index in [0.717, 1.165) is 5.56 Å². The Morgan fingerprint density at radius 1 is 1.18 bits per heavy atom. The van der Waals surface area contributed by atoms with Gasteiger partial charge >= 0.3 is 0 Å². The van der Waals surface area contributed by atoms with E-state index in [1.807, 2.05) is 0 Å². The second-order valence-electron chi connectivity index (χ2n) is 6.72. The SMILES string of the molecule is Cn1cnc(S(=O)(=O)N2CC(Nc3cccnn3)C(c3ccc(F)cc3)C2)c1. The largest absolute Gasteiger partial charge is 0.364 e. The molecule has 2 atom stereocenters. The number of benzene rings is 1. The van der Waals surface area contributed by atoms with Crippen LogP contribution >= 0.6 is 0 Å². The Morgan fingerprint density at radius 2 is 1.96 bits per heavy atom. The van der Waals surface area contributed by atoms with Crippen LogP contribution in [0.25, 0.3) is 0 Å². The third-order valence-electron chi connectivity index (χ3n) is 4.78. The zero-order valence-corrected chi connectivity index (χ0v) is 15.9. The molecule has 3 heterocycles. The summed E-state index contributed by atoms with van der Waals surface area (Å²) >= 11 is 0. The van der Waals surface area contributed by atoms with Crippen molar-refractivity contribution in [3.05, 3.63) is 66.5 Å². The van der Waals surface area contributed by atoms with Crippen LogP contribution in [-0.2, 0) is 17.1 Å². The standard InChI is InChI=1S/C18H19FN6O2S/c1-24-11-18(20-12-24)28(26,27)25-9-15(13-4-6-14(19)7-5-13)16(10-25)22-17-3-2-8-21-23-17/h2-8,11-12,15-16H,9-10H2,1H3,(H,22,23). The lowest BCUT2D eigenvalue weighted by molar-refractivity contribution is 0.468. The number of halogens is 1. The maximum atomic E-state index is 13.4. The van der Waals surface area contributed by atoms with Crippen molar-refractivity contribution < 1.29 is 12.8 Å². The fourth-order valence-corrected chi connectivity index (χ4v) is 4.84. The van der Waals surface area contributed by atoms with Crippen LogP contribution < -0.4 is 5.32 Å². The van der Waals surface area contributed by atoms with Crippen LogP contribution in [0, 0.1) is 5.82 Å². The van der Waals surface area contributed by atoms with Crippen LogP contribution in [0.1, 0.15) is 11.5 Å². The summed E-state index contributed by atoms with van der Waals surface area (Å²) in [6, 6.07) is 9.39. The summed E-state index contributed by atoms with van der Waals surface area (Å²) in [7, 11) is -2.02. The molecule has 0 radical (unpaired) electrons. The first-order chi connectivity index (χ1) is 13.4. The van der Waals surface area contributed by atoms with Crippen molar-refractivity contribution in [3.8, 4) is 0 Å². The molecule has 0 amide bonds. The zero-order chi connectivity index (χ0) is 19.7. The molecule has 0 saturated carbocycles. The molecule has 1 N–H and O–H groups in total. The molecule has 28 heavy (non-hydrogen) atoms. The van der Waals surface area contributed by atoms with Gasteiger partial charge in [-0.1, -0.05) is 12.1 Å². The van der Waals surface area contributed by atoms with E-state index in [-0.39, 0.29) is 35.9 Å². The van der Waals surface area contributed by atoms with Gasteiger partial charge in [0.1, 0.15) is 11.6 Å². The number of imidazole rings is 1. The fourth-order valence-electron chi connectivity index (χ4n) is 3.38. The summed E-state index contributed by atoms with van der Waals surface area (Å²) in [4.78, 5) is 3.99. The first-order valence-corrected chi connectivity index (χ1v) is 10.2. The lowest BCUT2D eigenvalue weighted by Gasteiger charge is -2.20. The highest BCUT2D eigenvalue weighted by atomic mass is 32.2. The number of hydrogen-bond acceptors (Lipinski definition) is 6. The summed E-state index contributed by atoms with van der Waals surface area (Å²) in [5, 5.41) is 11.1. The Labute approximate surface area is 162 Å². The van der Waals surface area contributed by atoms with Crippen molar-refractivity contribution in [3.63, 3.8) is 0 Å². The number of sulfonamides is 1. The molecule has 10 heteroatoms. The molecule has 1 aliphatic heterocycles. The summed E-state index contributed by atoms with van der Waals surface area (Å²) in [6.45, 7) is 0.486. The number of hydrogen-bond donors (Lipinski definition) is 1. The molecule has 146 valence electrons. The molecule has 0 bridgehead atoms. The van der Waals surface area contributed by atoms with Crippen molar-refractivity contribution in [2.75, 3.05) is 18.4 Å². The van der Waals surface area contributed by atoms with E-state index in [2.05, 4.69) is 20.5 Å². The molecule has 0 aliphatic carbocycles. The van der Waals surface area contributed by atoms with E-state index in [9.17, 15) is 12.8 Å². The van der Waals surface area contributed by atoms with E-state index < -0.39 is 10.0 Å². The molecule has 4 rings (SSSR count). The Balaban J connectivity index is 1.65. The van der Waals surface area contributed by atoms with Crippen LogP contribution in [0.3, 0.4) is 0 Å². The fraction of sp³-hybridized carbons (Fsp3) is 0.278. The molecule has 1 aromatic carbocycles. The second-order valence-corrected chi connectivity index (χ2v) is 8.60. The number of anilines is 1. The van der Waals surface area contributed by atoms with Gasteiger partial charge in [-0.3, -0.25) is 0 Å². The Kier molecular flexibility index (Phi) is 4.82. The van der Waals surface area contributed by atoms with E-state index in [1.165, 1.54) is 29.0 Å². The molecule has 1 saturated heterocycles. The van der Waals surface area contributed by atoms with E-state index in [4.69, 9.17) is 0 Å². The average molecular weight is 402 g/mol. The minimum absolute atomic E-state index is 0.00742. The number of nitrogens with one attached hydrogen (secondary N) is 1. The van der Waals surface area contributed by atoms with Gasteiger partial charge in [-0.15, -0.1) is 5.10 Å². The van der Waals surface area contributed by atoms with Gasteiger partial charge in [-0.25, -0.2) is 17.8 Å². The van der Waals surface area contributed by atoms with E-state index in [1.54, 1.807) is 42.1 Å². The van der Waals surface area contributed by atoms with E-state index >= 15 is 0 Å². The molecule has 2 aromatic heterocycles. The molecule has 8 nitrogen and oxygen atoms in total. The Bertz CT molecular complexity index is 1060. The monoisotopic (exact) mass is 402 g/mol. The summed E-state index contributed by atoms with van der Waals surface area (Å²) in [6.07, 6.45) is 4.50. The van der Waals surface area contributed by atoms with Crippen molar-refractivity contribution in [1.82, 2.24) is 24.1 Å². The lowest BCUT2D eigenvalue weighted by Crippen LogP contribution is -2.32. The number of nitrogens with zero attached hydrogens (tertiary/aromatic N) is 5. The minimum atomic E-state index is -3.74. The van der Waals surface area contributed by atoms with Crippen molar-refractivity contribution in [2.45, 2.75) is 17.0 Å². The Morgan fingerprint density at radius 3 is 2.61 bits per heavy atom. The minimum Gasteiger partial charge on any atom is -0.364 e. The number of rotatable bonds is 5. The van der Waals surface area contributed by atoms with E-state index in [0.29, 0.717) is 5.82 Å². The molecule has 3 aromatic rings. The highest BCUT2D eigenvalue weighted by Gasteiger charge is 2.41. The molecular weight excluding hydrogens is 383 g/mol. The van der Waals surface area contributed by atoms with Crippen LogP contribution in [-0.4, -0.2) is 51.6 Å². The van der Waals surface area contributed by atoms with Crippen LogP contribution in [0.5, 0.6) is 0 Å². The van der Waals surface area contributed by atoms with Gasteiger partial charge in [0.25, 0.3) is 10.0 Å². The smallest absolute Gasteiger partial charge is 0.262 e. The molecular formula is C18H19FN6O2S. The predicted molar refractivity (Wildman–Crippen MR) is 101 cm³/mol.